The van der Waals surface area contributed by atoms with Crippen molar-refractivity contribution in [2.24, 2.45) is 23.7 Å². The van der Waals surface area contributed by atoms with E-state index in [1.165, 1.54) is 38.5 Å². The quantitative estimate of drug-likeness (QED) is 0.458. The summed E-state index contributed by atoms with van der Waals surface area (Å²) < 4.78 is 0. The minimum absolute atomic E-state index is 0.906. The number of rotatable bonds is 9. The van der Waals surface area contributed by atoms with Gasteiger partial charge < -0.3 is 0 Å². The lowest BCUT2D eigenvalue weighted by molar-refractivity contribution is 0.282. The summed E-state index contributed by atoms with van der Waals surface area (Å²) in [6.07, 6.45) is 8.37. The fourth-order valence-corrected chi connectivity index (χ4v) is 2.61. The Bertz CT molecular complexity index is 150. The van der Waals surface area contributed by atoms with E-state index in [0.717, 1.165) is 23.7 Å². The third-order valence-corrected chi connectivity index (χ3v) is 4.82. The Morgan fingerprint density at radius 3 is 1.62 bits per heavy atom. The maximum absolute atomic E-state index is 2.43. The van der Waals surface area contributed by atoms with Crippen LogP contribution in [0.15, 0.2) is 0 Å². The first-order chi connectivity index (χ1) is 7.56. The van der Waals surface area contributed by atoms with Crippen molar-refractivity contribution in [2.75, 3.05) is 0 Å². The van der Waals surface area contributed by atoms with Gasteiger partial charge in [0, 0.05) is 0 Å². The molecule has 0 aromatic rings. The summed E-state index contributed by atoms with van der Waals surface area (Å²) in [4.78, 5) is 0. The zero-order chi connectivity index (χ0) is 12.6. The topological polar surface area (TPSA) is 0 Å². The Hall–Kier alpha value is 0. The van der Waals surface area contributed by atoms with Crippen LogP contribution in [0.3, 0.4) is 0 Å². The van der Waals surface area contributed by atoms with Crippen LogP contribution >= 0.6 is 0 Å². The van der Waals surface area contributed by atoms with Crippen LogP contribution in [0.25, 0.3) is 0 Å². The highest BCUT2D eigenvalue weighted by Gasteiger charge is 2.15. The second-order valence-corrected chi connectivity index (χ2v) is 5.85. The highest BCUT2D eigenvalue weighted by atomic mass is 14.2. The van der Waals surface area contributed by atoms with Gasteiger partial charge in [0.15, 0.2) is 0 Å². The number of hydrogen-bond donors (Lipinski definition) is 0. The van der Waals surface area contributed by atoms with Crippen LogP contribution in [0.2, 0.25) is 0 Å². The lowest BCUT2D eigenvalue weighted by atomic mass is 9.83. The van der Waals surface area contributed by atoms with Gasteiger partial charge in [0.2, 0.25) is 0 Å². The van der Waals surface area contributed by atoms with E-state index < -0.39 is 0 Å². The average molecular weight is 226 g/mol. The molecule has 4 unspecified atom stereocenters. The third-order valence-electron chi connectivity index (χ3n) is 4.82. The van der Waals surface area contributed by atoms with Crippen LogP contribution in [0, 0.1) is 23.7 Å². The van der Waals surface area contributed by atoms with E-state index in [4.69, 9.17) is 0 Å². The molecule has 0 radical (unpaired) electrons. The van der Waals surface area contributed by atoms with Crippen molar-refractivity contribution in [3.05, 3.63) is 0 Å². The molecule has 0 bridgehead atoms. The highest BCUT2D eigenvalue weighted by molar-refractivity contribution is 4.66. The predicted octanol–water partition coefficient (Wildman–Crippen LogP) is 5.91. The molecule has 0 saturated heterocycles. The van der Waals surface area contributed by atoms with Crippen LogP contribution in [0.1, 0.15) is 80.1 Å². The van der Waals surface area contributed by atoms with Crippen molar-refractivity contribution in [2.45, 2.75) is 80.1 Å². The zero-order valence-corrected chi connectivity index (χ0v) is 12.6. The molecule has 0 heteroatoms. The summed E-state index contributed by atoms with van der Waals surface area (Å²) in [5.74, 6) is 3.71. The average Bonchev–Trinajstić information content (AvgIpc) is 2.32. The van der Waals surface area contributed by atoms with Crippen molar-refractivity contribution in [3.8, 4) is 0 Å². The third kappa shape index (κ3) is 5.92. The molecular formula is C16H34. The largest absolute Gasteiger partial charge is 0.0651 e. The molecule has 0 rings (SSSR count). The molecule has 0 nitrogen and oxygen atoms in total. The van der Waals surface area contributed by atoms with Gasteiger partial charge in [-0.15, -0.1) is 0 Å². The molecule has 0 heterocycles. The van der Waals surface area contributed by atoms with Crippen molar-refractivity contribution >= 4 is 0 Å². The molecule has 0 amide bonds. The normalized spacial score (nSPS) is 19.1. The van der Waals surface area contributed by atoms with Crippen molar-refractivity contribution < 1.29 is 0 Å². The molecule has 0 aromatic carbocycles. The van der Waals surface area contributed by atoms with Gasteiger partial charge in [0.05, 0.1) is 0 Å². The molecule has 4 atom stereocenters. The summed E-state index contributed by atoms with van der Waals surface area (Å²) in [7, 11) is 0. The predicted molar refractivity (Wildman–Crippen MR) is 75.7 cm³/mol. The second-order valence-electron chi connectivity index (χ2n) is 5.85. The summed E-state index contributed by atoms with van der Waals surface area (Å²) >= 11 is 0. The van der Waals surface area contributed by atoms with Gasteiger partial charge in [-0.1, -0.05) is 80.1 Å². The van der Waals surface area contributed by atoms with Crippen molar-refractivity contribution in [3.63, 3.8) is 0 Å². The first-order valence-electron chi connectivity index (χ1n) is 7.56. The lowest BCUT2D eigenvalue weighted by Crippen LogP contribution is -2.12. The van der Waals surface area contributed by atoms with Gasteiger partial charge in [0.1, 0.15) is 0 Å². The Balaban J connectivity index is 3.78. The van der Waals surface area contributed by atoms with Gasteiger partial charge in [-0.2, -0.15) is 0 Å². The fourth-order valence-electron chi connectivity index (χ4n) is 2.61. The molecule has 0 fully saturated rings. The zero-order valence-electron chi connectivity index (χ0n) is 12.6. The minimum Gasteiger partial charge on any atom is -0.0651 e. The molecule has 0 spiro atoms. The van der Waals surface area contributed by atoms with E-state index in [0.29, 0.717) is 0 Å². The van der Waals surface area contributed by atoms with E-state index in [1.807, 2.05) is 0 Å². The Kier molecular flexibility index (Phi) is 9.07. The Labute approximate surface area is 104 Å². The molecule has 0 saturated carbocycles. The van der Waals surface area contributed by atoms with E-state index in [9.17, 15) is 0 Å². The van der Waals surface area contributed by atoms with E-state index >= 15 is 0 Å². The van der Waals surface area contributed by atoms with Crippen LogP contribution in [0.4, 0.5) is 0 Å². The monoisotopic (exact) mass is 226 g/mol. The molecular weight excluding hydrogens is 192 g/mol. The Morgan fingerprint density at radius 1 is 0.625 bits per heavy atom. The second kappa shape index (κ2) is 9.07. The maximum Gasteiger partial charge on any atom is -0.0391 e. The van der Waals surface area contributed by atoms with E-state index in [2.05, 4.69) is 41.5 Å². The Morgan fingerprint density at radius 2 is 1.19 bits per heavy atom. The van der Waals surface area contributed by atoms with Gasteiger partial charge in [-0.25, -0.2) is 0 Å². The smallest absolute Gasteiger partial charge is 0.0391 e. The standard InChI is InChI=1S/C16H34/c1-7-13(4)15(6)11-10-12-16(9-3)14(5)8-2/h13-16H,7-12H2,1-6H3. The van der Waals surface area contributed by atoms with Gasteiger partial charge in [-0.3, -0.25) is 0 Å². The maximum atomic E-state index is 2.43. The summed E-state index contributed by atoms with van der Waals surface area (Å²) in [5, 5.41) is 0. The summed E-state index contributed by atoms with van der Waals surface area (Å²) in [6.45, 7) is 14.3. The van der Waals surface area contributed by atoms with Crippen LogP contribution in [0.5, 0.6) is 0 Å². The van der Waals surface area contributed by atoms with Crippen LogP contribution in [-0.4, -0.2) is 0 Å². The molecule has 0 N–H and O–H groups in total. The van der Waals surface area contributed by atoms with Crippen molar-refractivity contribution in [1.29, 1.82) is 0 Å². The van der Waals surface area contributed by atoms with E-state index in [-0.39, 0.29) is 0 Å². The first-order valence-corrected chi connectivity index (χ1v) is 7.56. The van der Waals surface area contributed by atoms with Gasteiger partial charge in [0.25, 0.3) is 0 Å². The summed E-state index contributed by atoms with van der Waals surface area (Å²) in [6, 6.07) is 0. The molecule has 0 aliphatic rings. The lowest BCUT2D eigenvalue weighted by Gasteiger charge is -2.23. The molecule has 98 valence electrons. The van der Waals surface area contributed by atoms with Gasteiger partial charge in [-0.05, 0) is 23.7 Å². The molecule has 16 heavy (non-hydrogen) atoms. The van der Waals surface area contributed by atoms with Crippen LogP contribution < -0.4 is 0 Å². The van der Waals surface area contributed by atoms with E-state index in [1.54, 1.807) is 0 Å². The first kappa shape index (κ1) is 16.0. The summed E-state index contributed by atoms with van der Waals surface area (Å²) in [5.41, 5.74) is 0. The fraction of sp³-hybridized carbons (Fsp3) is 1.00. The molecule has 0 aromatic heterocycles. The van der Waals surface area contributed by atoms with Gasteiger partial charge >= 0.3 is 0 Å². The highest BCUT2D eigenvalue weighted by Crippen LogP contribution is 2.27. The van der Waals surface area contributed by atoms with Crippen LogP contribution in [-0.2, 0) is 0 Å². The SMILES string of the molecule is CCC(C)C(C)CCCC(CC)C(C)CC. The molecule has 0 aliphatic heterocycles. The molecule has 0 aliphatic carbocycles. The van der Waals surface area contributed by atoms with Crippen molar-refractivity contribution in [1.82, 2.24) is 0 Å². The number of hydrogen-bond acceptors (Lipinski definition) is 0. The minimum atomic E-state index is 0.906.